The monoisotopic (exact) mass is 414 g/mol. The van der Waals surface area contributed by atoms with Gasteiger partial charge in [0.15, 0.2) is 5.69 Å². The van der Waals surface area contributed by atoms with E-state index >= 15 is 0 Å². The molecule has 3 aromatic rings. The van der Waals surface area contributed by atoms with Crippen LogP contribution in [-0.2, 0) is 6.54 Å². The van der Waals surface area contributed by atoms with E-state index in [0.717, 1.165) is 11.6 Å². The lowest BCUT2D eigenvalue weighted by atomic mass is 10.1. The van der Waals surface area contributed by atoms with Crippen molar-refractivity contribution in [2.24, 2.45) is 0 Å². The molecule has 0 aliphatic carbocycles. The molecule has 2 aromatic carbocycles. The summed E-state index contributed by atoms with van der Waals surface area (Å²) < 4.78 is 1.52. The van der Waals surface area contributed by atoms with E-state index in [-0.39, 0.29) is 22.5 Å². The van der Waals surface area contributed by atoms with Crippen LogP contribution in [0.15, 0.2) is 42.5 Å². The molecule has 1 amide bonds. The Labute approximate surface area is 169 Å². The third kappa shape index (κ3) is 4.58. The quantitative estimate of drug-likeness (QED) is 0.564. The Morgan fingerprint density at radius 3 is 2.31 bits per heavy atom. The molecule has 0 unspecified atom stereocenters. The van der Waals surface area contributed by atoms with Gasteiger partial charge in [0.2, 0.25) is 0 Å². The number of rotatable bonds is 6. The molecule has 0 spiro atoms. The molecule has 0 aliphatic rings. The maximum absolute atomic E-state index is 12.6. The first-order valence-electron chi connectivity index (χ1n) is 8.32. The van der Waals surface area contributed by atoms with E-state index in [4.69, 9.17) is 21.8 Å². The number of hydrogen-bond acceptors (Lipinski definition) is 5. The molecule has 1 aromatic heterocycles. The fourth-order valence-corrected chi connectivity index (χ4v) is 2.88. The van der Waals surface area contributed by atoms with Gasteiger partial charge in [0.25, 0.3) is 5.91 Å². The van der Waals surface area contributed by atoms with Gasteiger partial charge in [0.05, 0.1) is 23.4 Å². The lowest BCUT2D eigenvalue weighted by molar-refractivity contribution is 0.0696. The Kier molecular flexibility index (Phi) is 5.60. The van der Waals surface area contributed by atoms with Gasteiger partial charge in [0, 0.05) is 10.7 Å². The van der Waals surface area contributed by atoms with Crippen molar-refractivity contribution in [3.05, 3.63) is 75.6 Å². The highest BCUT2D eigenvalue weighted by Crippen LogP contribution is 2.18. The molecular weight excluding hydrogens is 400 g/mol. The smallest absolute Gasteiger partial charge is 0.335 e. The second-order valence-corrected chi connectivity index (χ2v) is 6.61. The van der Waals surface area contributed by atoms with Crippen molar-refractivity contribution >= 4 is 35.1 Å². The molecule has 0 bridgehead atoms. The van der Waals surface area contributed by atoms with Crippen molar-refractivity contribution in [1.29, 1.82) is 0 Å². The van der Waals surface area contributed by atoms with Crippen LogP contribution < -0.4 is 5.32 Å². The molecule has 0 atom stereocenters. The molecule has 1 heterocycles. The van der Waals surface area contributed by atoms with Crippen LogP contribution in [0.5, 0.6) is 0 Å². The molecule has 29 heavy (non-hydrogen) atoms. The average Bonchev–Trinajstić information content (AvgIpc) is 3.02. The number of halogens is 1. The summed E-state index contributed by atoms with van der Waals surface area (Å²) in [6.07, 6.45) is 0. The minimum absolute atomic E-state index is 0.0242. The number of benzene rings is 2. The van der Waals surface area contributed by atoms with Gasteiger partial charge in [-0.2, -0.15) is 0 Å². The van der Waals surface area contributed by atoms with Gasteiger partial charge in [-0.1, -0.05) is 28.9 Å². The standard InChI is InChI=1S/C19H15ClN4O5/c1-10-16(22-23-24(10)9-11-3-2-4-14(20)5-11)17(25)21-15-7-12(18(26)27)6-13(8-15)19(28)29/h2-8H,9H2,1H3,(H,21,25)(H,26,27)(H,28,29). The number of carbonyl (C=O) groups is 3. The number of aromatic nitrogens is 3. The Hall–Kier alpha value is -3.72. The largest absolute Gasteiger partial charge is 0.478 e. The van der Waals surface area contributed by atoms with Crippen molar-refractivity contribution in [1.82, 2.24) is 15.0 Å². The highest BCUT2D eigenvalue weighted by molar-refractivity contribution is 6.30. The summed E-state index contributed by atoms with van der Waals surface area (Å²) in [7, 11) is 0. The summed E-state index contributed by atoms with van der Waals surface area (Å²) in [6, 6.07) is 10.5. The average molecular weight is 415 g/mol. The minimum Gasteiger partial charge on any atom is -0.478 e. The molecule has 10 heteroatoms. The van der Waals surface area contributed by atoms with Crippen molar-refractivity contribution in [2.45, 2.75) is 13.5 Å². The molecule has 3 N–H and O–H groups in total. The number of amides is 1. The highest BCUT2D eigenvalue weighted by Gasteiger charge is 2.19. The highest BCUT2D eigenvalue weighted by atomic mass is 35.5. The fraction of sp³-hybridized carbons (Fsp3) is 0.105. The van der Waals surface area contributed by atoms with Crippen LogP contribution >= 0.6 is 11.6 Å². The minimum atomic E-state index is -1.31. The predicted molar refractivity (Wildman–Crippen MR) is 104 cm³/mol. The molecule has 3 rings (SSSR count). The summed E-state index contributed by atoms with van der Waals surface area (Å²) in [6.45, 7) is 2.01. The summed E-state index contributed by atoms with van der Waals surface area (Å²) in [5.41, 5.74) is 0.886. The molecule has 0 saturated carbocycles. The van der Waals surface area contributed by atoms with E-state index in [2.05, 4.69) is 15.6 Å². The molecule has 0 aliphatic heterocycles. The van der Waals surface area contributed by atoms with Crippen molar-refractivity contribution in [2.75, 3.05) is 5.32 Å². The number of nitrogens with zero attached hydrogens (tertiary/aromatic N) is 3. The fourth-order valence-electron chi connectivity index (χ4n) is 2.67. The Morgan fingerprint density at radius 2 is 1.72 bits per heavy atom. The maximum atomic E-state index is 12.6. The lowest BCUT2D eigenvalue weighted by Gasteiger charge is -2.08. The zero-order valence-electron chi connectivity index (χ0n) is 15.1. The molecule has 0 fully saturated rings. The Balaban J connectivity index is 1.84. The first-order valence-corrected chi connectivity index (χ1v) is 8.70. The lowest BCUT2D eigenvalue weighted by Crippen LogP contribution is -2.15. The third-order valence-electron chi connectivity index (χ3n) is 4.10. The Morgan fingerprint density at radius 1 is 1.07 bits per heavy atom. The van der Waals surface area contributed by atoms with Gasteiger partial charge in [-0.15, -0.1) is 5.10 Å². The zero-order valence-corrected chi connectivity index (χ0v) is 15.8. The number of anilines is 1. The molecule has 0 saturated heterocycles. The van der Waals surface area contributed by atoms with Gasteiger partial charge in [-0.25, -0.2) is 14.3 Å². The normalized spacial score (nSPS) is 10.6. The number of carboxylic acid groups (broad SMARTS) is 2. The van der Waals surface area contributed by atoms with Crippen LogP contribution in [0.3, 0.4) is 0 Å². The van der Waals surface area contributed by atoms with Crippen LogP contribution in [0.25, 0.3) is 0 Å². The maximum Gasteiger partial charge on any atom is 0.335 e. The summed E-state index contributed by atoms with van der Waals surface area (Å²) in [5, 5.41) is 29.2. The van der Waals surface area contributed by atoms with Gasteiger partial charge < -0.3 is 15.5 Å². The van der Waals surface area contributed by atoms with Crippen LogP contribution in [0, 0.1) is 6.92 Å². The number of carbonyl (C=O) groups excluding carboxylic acids is 1. The molecule has 9 nitrogen and oxygen atoms in total. The van der Waals surface area contributed by atoms with E-state index < -0.39 is 17.8 Å². The number of hydrogen-bond donors (Lipinski definition) is 3. The van der Waals surface area contributed by atoms with Crippen LogP contribution in [0.2, 0.25) is 5.02 Å². The van der Waals surface area contributed by atoms with Gasteiger partial charge >= 0.3 is 11.9 Å². The second kappa shape index (κ2) is 8.11. The van der Waals surface area contributed by atoms with Gasteiger partial charge in [-0.05, 0) is 42.8 Å². The molecule has 148 valence electrons. The SMILES string of the molecule is Cc1c(C(=O)Nc2cc(C(=O)O)cc(C(=O)O)c2)nnn1Cc1cccc(Cl)c1. The summed E-state index contributed by atoms with van der Waals surface area (Å²) in [5.74, 6) is -3.27. The topological polar surface area (TPSA) is 134 Å². The predicted octanol–water partition coefficient (Wildman–Crippen LogP) is 2.94. The third-order valence-corrected chi connectivity index (χ3v) is 4.34. The number of aromatic carboxylic acids is 2. The first-order chi connectivity index (χ1) is 13.7. The number of carboxylic acids is 2. The van der Waals surface area contributed by atoms with E-state index in [1.807, 2.05) is 6.07 Å². The van der Waals surface area contributed by atoms with E-state index in [1.54, 1.807) is 25.1 Å². The van der Waals surface area contributed by atoms with E-state index in [1.165, 1.54) is 16.8 Å². The van der Waals surface area contributed by atoms with Crippen molar-refractivity contribution in [3.63, 3.8) is 0 Å². The van der Waals surface area contributed by atoms with Crippen LogP contribution in [0.1, 0.15) is 42.5 Å². The zero-order chi connectivity index (χ0) is 21.1. The molecular formula is C19H15ClN4O5. The van der Waals surface area contributed by atoms with Crippen molar-refractivity contribution in [3.8, 4) is 0 Å². The van der Waals surface area contributed by atoms with Crippen LogP contribution in [0.4, 0.5) is 5.69 Å². The van der Waals surface area contributed by atoms with Crippen molar-refractivity contribution < 1.29 is 24.6 Å². The summed E-state index contributed by atoms with van der Waals surface area (Å²) in [4.78, 5) is 35.0. The second-order valence-electron chi connectivity index (χ2n) is 6.17. The number of nitrogens with one attached hydrogen (secondary N) is 1. The Bertz CT molecular complexity index is 1090. The van der Waals surface area contributed by atoms with E-state index in [0.29, 0.717) is 17.3 Å². The molecule has 0 radical (unpaired) electrons. The van der Waals surface area contributed by atoms with Crippen LogP contribution in [-0.4, -0.2) is 43.1 Å². The van der Waals surface area contributed by atoms with E-state index in [9.17, 15) is 14.4 Å². The van der Waals surface area contributed by atoms with Gasteiger partial charge in [0.1, 0.15) is 0 Å². The summed E-state index contributed by atoms with van der Waals surface area (Å²) >= 11 is 5.97. The first kappa shape index (κ1) is 20.0. The van der Waals surface area contributed by atoms with Gasteiger partial charge in [-0.3, -0.25) is 4.79 Å².